The molecule has 138 valence electrons. The number of ether oxygens (including phenoxy) is 1. The molecular weight excluding hydrogens is 396 g/mol. The topological polar surface area (TPSA) is 57.6 Å². The minimum atomic E-state index is 0.410. The smallest absolute Gasteiger partial charge is 0.227 e. The molecule has 4 rings (SSSR count). The van der Waals surface area contributed by atoms with Crippen LogP contribution in [0.2, 0.25) is 0 Å². The van der Waals surface area contributed by atoms with Gasteiger partial charge in [0.25, 0.3) is 0 Å². The third kappa shape index (κ3) is 3.76. The van der Waals surface area contributed by atoms with Crippen molar-refractivity contribution in [2.24, 2.45) is 0 Å². The van der Waals surface area contributed by atoms with E-state index in [0.717, 1.165) is 67.9 Å². The van der Waals surface area contributed by atoms with E-state index in [1.54, 1.807) is 0 Å². The Hall–Kier alpha value is -1.93. The molecule has 0 amide bonds. The largest absolute Gasteiger partial charge is 0.378 e. The van der Waals surface area contributed by atoms with Crippen molar-refractivity contribution >= 4 is 33.5 Å². The van der Waals surface area contributed by atoms with Gasteiger partial charge in [-0.3, -0.25) is 0 Å². The third-order valence-corrected chi connectivity index (χ3v) is 5.50. The van der Waals surface area contributed by atoms with Crippen molar-refractivity contribution in [3.05, 3.63) is 35.1 Å². The van der Waals surface area contributed by atoms with E-state index in [9.17, 15) is 0 Å². The van der Waals surface area contributed by atoms with Crippen molar-refractivity contribution in [3.63, 3.8) is 0 Å². The highest BCUT2D eigenvalue weighted by molar-refractivity contribution is 9.10. The zero-order valence-corrected chi connectivity index (χ0v) is 16.5. The van der Waals surface area contributed by atoms with Gasteiger partial charge in [-0.1, -0.05) is 0 Å². The van der Waals surface area contributed by atoms with Gasteiger partial charge in [0.2, 0.25) is 5.95 Å². The lowest BCUT2D eigenvalue weighted by molar-refractivity contribution is 0.122. The Morgan fingerprint density at radius 3 is 2.73 bits per heavy atom. The molecule has 2 aromatic rings. The van der Waals surface area contributed by atoms with E-state index in [-0.39, 0.29) is 0 Å². The van der Waals surface area contributed by atoms with Crippen LogP contribution in [0.4, 0.5) is 17.6 Å². The average molecular weight is 419 g/mol. The van der Waals surface area contributed by atoms with Crippen LogP contribution in [0.1, 0.15) is 6.42 Å². The number of morpholine rings is 1. The summed E-state index contributed by atoms with van der Waals surface area (Å²) < 4.78 is 6.42. The highest BCUT2D eigenvalue weighted by Gasteiger charge is 2.27. The van der Waals surface area contributed by atoms with Gasteiger partial charge in [0.05, 0.1) is 13.2 Å². The van der Waals surface area contributed by atoms with Gasteiger partial charge in [0.15, 0.2) is 0 Å². The summed E-state index contributed by atoms with van der Waals surface area (Å²) in [5, 5.41) is 0. The summed E-state index contributed by atoms with van der Waals surface area (Å²) in [6.45, 7) is 5.12. The van der Waals surface area contributed by atoms with Gasteiger partial charge in [-0.25, -0.2) is 9.97 Å². The number of likely N-dealkylation sites (N-methyl/N-ethyl adjacent to an activating group) is 1. The summed E-state index contributed by atoms with van der Waals surface area (Å²) in [4.78, 5) is 20.6. The van der Waals surface area contributed by atoms with Crippen LogP contribution in [0.5, 0.6) is 0 Å². The number of pyridine rings is 1. The number of rotatable bonds is 4. The minimum Gasteiger partial charge on any atom is -0.378 e. The maximum absolute atomic E-state index is 5.42. The minimum absolute atomic E-state index is 0.410. The second-order valence-corrected chi connectivity index (χ2v) is 7.56. The first-order chi connectivity index (χ1) is 12.7. The lowest BCUT2D eigenvalue weighted by Crippen LogP contribution is -2.38. The number of aromatic nitrogens is 3. The van der Waals surface area contributed by atoms with Crippen molar-refractivity contribution in [1.82, 2.24) is 15.0 Å². The summed E-state index contributed by atoms with van der Waals surface area (Å²) in [7, 11) is 2.12. The van der Waals surface area contributed by atoms with Crippen LogP contribution in [-0.4, -0.2) is 67.4 Å². The van der Waals surface area contributed by atoms with E-state index >= 15 is 0 Å². The number of anilines is 3. The second kappa shape index (κ2) is 7.75. The lowest BCUT2D eigenvalue weighted by atomic mass is 10.2. The van der Waals surface area contributed by atoms with Crippen molar-refractivity contribution in [3.8, 4) is 0 Å². The molecule has 0 radical (unpaired) electrons. The first-order valence-electron chi connectivity index (χ1n) is 8.96. The number of hydrogen-bond acceptors (Lipinski definition) is 7. The molecule has 7 nitrogen and oxygen atoms in total. The highest BCUT2D eigenvalue weighted by Crippen LogP contribution is 2.25. The van der Waals surface area contributed by atoms with Crippen LogP contribution in [0, 0.1) is 0 Å². The Labute approximate surface area is 162 Å². The van der Waals surface area contributed by atoms with Crippen molar-refractivity contribution < 1.29 is 4.74 Å². The molecule has 1 atom stereocenters. The Bertz CT molecular complexity index is 737. The second-order valence-electron chi connectivity index (χ2n) is 6.65. The molecule has 0 N–H and O–H groups in total. The van der Waals surface area contributed by atoms with E-state index < -0.39 is 0 Å². The molecular formula is C18H23BrN6O. The molecule has 1 unspecified atom stereocenters. The predicted octanol–water partition coefficient (Wildman–Crippen LogP) is 2.19. The standard InChI is InChI=1S/C18H23BrN6O/c1-23(15-5-7-25(13-15)16-3-2-14(19)12-21-16)17-4-6-20-18(22-17)24-8-10-26-11-9-24/h2-4,6,12,15H,5,7-11,13H2,1H3. The van der Waals surface area contributed by atoms with Crippen LogP contribution in [0.3, 0.4) is 0 Å². The summed E-state index contributed by atoms with van der Waals surface area (Å²) >= 11 is 3.44. The first kappa shape index (κ1) is 17.5. The van der Waals surface area contributed by atoms with E-state index in [1.165, 1.54) is 0 Å². The maximum atomic E-state index is 5.42. The van der Waals surface area contributed by atoms with Crippen LogP contribution in [0.25, 0.3) is 0 Å². The monoisotopic (exact) mass is 418 g/mol. The molecule has 0 aliphatic carbocycles. The van der Waals surface area contributed by atoms with Gasteiger partial charge in [-0.15, -0.1) is 0 Å². The van der Waals surface area contributed by atoms with Gasteiger partial charge in [0, 0.05) is 56.1 Å². The molecule has 0 bridgehead atoms. The summed E-state index contributed by atoms with van der Waals surface area (Å²) in [5.41, 5.74) is 0. The van der Waals surface area contributed by atoms with E-state index in [4.69, 9.17) is 9.72 Å². The summed E-state index contributed by atoms with van der Waals surface area (Å²) in [5.74, 6) is 2.79. The quantitative estimate of drug-likeness (QED) is 0.753. The van der Waals surface area contributed by atoms with Gasteiger partial charge in [0.1, 0.15) is 11.6 Å². The fourth-order valence-electron chi connectivity index (χ4n) is 3.46. The molecule has 8 heteroatoms. The van der Waals surface area contributed by atoms with Crippen molar-refractivity contribution in [1.29, 1.82) is 0 Å². The Balaban J connectivity index is 1.44. The normalized spacial score (nSPS) is 20.5. The molecule has 4 heterocycles. The lowest BCUT2D eigenvalue weighted by Gasteiger charge is -2.29. The summed E-state index contributed by atoms with van der Waals surface area (Å²) in [6.07, 6.45) is 4.79. The van der Waals surface area contributed by atoms with Crippen molar-refractivity contribution in [2.45, 2.75) is 12.5 Å². The molecule has 2 saturated heterocycles. The SMILES string of the molecule is CN(c1ccnc(N2CCOCC2)n1)C1CCN(c2ccc(Br)cn2)C1. The molecule has 0 saturated carbocycles. The van der Waals surface area contributed by atoms with Gasteiger partial charge in [-0.2, -0.15) is 4.98 Å². The fraction of sp³-hybridized carbons (Fsp3) is 0.500. The van der Waals surface area contributed by atoms with Gasteiger partial charge >= 0.3 is 0 Å². The molecule has 2 aliphatic heterocycles. The fourth-order valence-corrected chi connectivity index (χ4v) is 3.69. The Kier molecular flexibility index (Phi) is 5.21. The van der Waals surface area contributed by atoms with Crippen LogP contribution in [0.15, 0.2) is 35.1 Å². The zero-order chi connectivity index (χ0) is 17.9. The molecule has 0 spiro atoms. The van der Waals surface area contributed by atoms with E-state index in [2.05, 4.69) is 53.7 Å². The first-order valence-corrected chi connectivity index (χ1v) is 9.75. The number of hydrogen-bond donors (Lipinski definition) is 0. The number of halogens is 1. The molecule has 2 fully saturated rings. The van der Waals surface area contributed by atoms with E-state index in [0.29, 0.717) is 6.04 Å². The van der Waals surface area contributed by atoms with Gasteiger partial charge in [-0.05, 0) is 40.5 Å². The van der Waals surface area contributed by atoms with Crippen LogP contribution >= 0.6 is 15.9 Å². The molecule has 2 aromatic heterocycles. The summed E-state index contributed by atoms with van der Waals surface area (Å²) in [6, 6.07) is 6.50. The predicted molar refractivity (Wildman–Crippen MR) is 106 cm³/mol. The van der Waals surface area contributed by atoms with Crippen LogP contribution in [-0.2, 0) is 4.74 Å². The van der Waals surface area contributed by atoms with Crippen molar-refractivity contribution in [2.75, 3.05) is 61.1 Å². The van der Waals surface area contributed by atoms with Gasteiger partial charge < -0.3 is 19.4 Å². The Morgan fingerprint density at radius 1 is 1.12 bits per heavy atom. The third-order valence-electron chi connectivity index (χ3n) is 5.03. The highest BCUT2D eigenvalue weighted by atomic mass is 79.9. The molecule has 26 heavy (non-hydrogen) atoms. The zero-order valence-electron chi connectivity index (χ0n) is 14.9. The molecule has 0 aromatic carbocycles. The Morgan fingerprint density at radius 2 is 1.96 bits per heavy atom. The number of nitrogens with zero attached hydrogens (tertiary/aromatic N) is 6. The van der Waals surface area contributed by atoms with E-state index in [1.807, 2.05) is 24.5 Å². The molecule has 2 aliphatic rings. The van der Waals surface area contributed by atoms with Crippen LogP contribution < -0.4 is 14.7 Å². The maximum Gasteiger partial charge on any atom is 0.227 e. The average Bonchev–Trinajstić information content (AvgIpc) is 3.19.